The third-order valence-electron chi connectivity index (χ3n) is 3.41. The van der Waals surface area contributed by atoms with E-state index in [-0.39, 0.29) is 13.2 Å². The molecule has 0 spiro atoms. The first-order chi connectivity index (χ1) is 12.2. The molecule has 1 aromatic heterocycles. The van der Waals surface area contributed by atoms with Gasteiger partial charge in [-0.1, -0.05) is 0 Å². The molecule has 26 heavy (non-hydrogen) atoms. The van der Waals surface area contributed by atoms with Crippen LogP contribution in [0.2, 0.25) is 0 Å². The maximum absolute atomic E-state index is 12.0. The molecule has 0 aliphatic carbocycles. The Hall–Kier alpha value is -1.41. The van der Waals surface area contributed by atoms with Crippen LogP contribution in [-0.4, -0.2) is 64.8 Å². The zero-order chi connectivity index (χ0) is 19.3. The summed E-state index contributed by atoms with van der Waals surface area (Å²) in [5.74, 6) is 0. The lowest BCUT2D eigenvalue weighted by Gasteiger charge is -2.20. The Morgan fingerprint density at radius 3 is 2.77 bits per heavy atom. The van der Waals surface area contributed by atoms with Gasteiger partial charge >= 0.3 is 13.4 Å². The monoisotopic (exact) mass is 397 g/mol. The van der Waals surface area contributed by atoms with Gasteiger partial charge in [0.15, 0.2) is 12.3 Å². The number of methoxy groups -OCH3 is 1. The van der Waals surface area contributed by atoms with E-state index in [4.69, 9.17) is 29.6 Å². The van der Waals surface area contributed by atoms with Crippen LogP contribution in [-0.2, 0) is 28.3 Å². The Labute approximate surface area is 146 Å². The maximum atomic E-state index is 12.0. The molecule has 1 aromatic rings. The minimum Gasteiger partial charge on any atom is -0.387 e. The van der Waals surface area contributed by atoms with E-state index in [0.29, 0.717) is 0 Å². The lowest BCUT2D eigenvalue weighted by molar-refractivity contribution is -0.347. The van der Waals surface area contributed by atoms with Gasteiger partial charge < -0.3 is 19.5 Å². The summed E-state index contributed by atoms with van der Waals surface area (Å²) in [7, 11) is -2.85. The number of aromatic nitrogens is 2. The van der Waals surface area contributed by atoms with Gasteiger partial charge in [-0.3, -0.25) is 18.9 Å². The highest BCUT2D eigenvalue weighted by atomic mass is 31.2. The van der Waals surface area contributed by atoms with E-state index in [1.54, 1.807) is 0 Å². The molecule has 0 radical (unpaired) electrons. The zero-order valence-electron chi connectivity index (χ0n) is 13.7. The quantitative estimate of drug-likeness (QED) is 0.154. The van der Waals surface area contributed by atoms with Crippen molar-refractivity contribution in [2.75, 3.05) is 26.9 Å². The molecule has 2 rings (SSSR count). The van der Waals surface area contributed by atoms with Gasteiger partial charge in [0, 0.05) is 19.4 Å². The first-order valence-electron chi connectivity index (χ1n) is 7.41. The molecule has 148 valence electrons. The molecule has 5 N–H and O–H groups in total. The molecule has 0 aromatic carbocycles. The standard InChI is InChI=1S/C12H20N3O10P/c1-21-4-5-22-25-10-9(17)7(6-23-26(13,19)20)24-11(10)15-3-2-8(16)14-12(15)18/h2-3,7,9-11,17H,4-6H2,1H3,(H3,13,19,20)(H,14,16,18)/t7-,9-,10-,11-/m1/s1. The molecule has 13 nitrogen and oxygen atoms in total. The van der Waals surface area contributed by atoms with Gasteiger partial charge in [-0.2, -0.15) is 0 Å². The van der Waals surface area contributed by atoms with Crippen LogP contribution in [0.15, 0.2) is 21.9 Å². The van der Waals surface area contributed by atoms with E-state index in [0.717, 1.165) is 16.8 Å². The third-order valence-corrected chi connectivity index (χ3v) is 3.93. The van der Waals surface area contributed by atoms with Crippen LogP contribution >= 0.6 is 7.75 Å². The Kier molecular flexibility index (Phi) is 7.23. The van der Waals surface area contributed by atoms with E-state index < -0.39 is 50.1 Å². The highest BCUT2D eigenvalue weighted by molar-refractivity contribution is 7.50. The van der Waals surface area contributed by atoms with Crippen molar-refractivity contribution in [2.24, 2.45) is 5.50 Å². The van der Waals surface area contributed by atoms with Crippen molar-refractivity contribution < 1.29 is 38.3 Å². The number of hydrogen-bond donors (Lipinski definition) is 4. The maximum Gasteiger partial charge on any atom is 0.400 e. The van der Waals surface area contributed by atoms with E-state index in [2.05, 4.69) is 4.52 Å². The number of aromatic amines is 1. The average Bonchev–Trinajstić information content (AvgIpc) is 2.85. The van der Waals surface area contributed by atoms with E-state index in [9.17, 15) is 19.3 Å². The fourth-order valence-corrected chi connectivity index (χ4v) is 2.60. The van der Waals surface area contributed by atoms with Gasteiger partial charge in [0.1, 0.15) is 18.8 Å². The van der Waals surface area contributed by atoms with Crippen molar-refractivity contribution in [1.82, 2.24) is 9.55 Å². The summed E-state index contributed by atoms with van der Waals surface area (Å²) < 4.78 is 26.9. The van der Waals surface area contributed by atoms with Gasteiger partial charge in [0.25, 0.3) is 5.56 Å². The molecule has 0 bridgehead atoms. The molecule has 1 fully saturated rings. The number of hydrogen-bond acceptors (Lipinski definition) is 9. The molecule has 14 heteroatoms. The third kappa shape index (κ3) is 5.54. The largest absolute Gasteiger partial charge is 0.400 e. The fraction of sp³-hybridized carbons (Fsp3) is 0.667. The molecule has 0 amide bonds. The van der Waals surface area contributed by atoms with Crippen molar-refractivity contribution in [2.45, 2.75) is 24.5 Å². The average molecular weight is 397 g/mol. The molecule has 1 aliphatic heterocycles. The van der Waals surface area contributed by atoms with Gasteiger partial charge in [-0.15, -0.1) is 0 Å². The summed E-state index contributed by atoms with van der Waals surface area (Å²) in [6.45, 7) is -0.304. The number of ether oxygens (including phenoxy) is 2. The van der Waals surface area contributed by atoms with Crippen LogP contribution in [0.4, 0.5) is 0 Å². The van der Waals surface area contributed by atoms with Crippen molar-refractivity contribution >= 4 is 7.75 Å². The summed E-state index contributed by atoms with van der Waals surface area (Å²) in [4.78, 5) is 44.2. The molecule has 0 saturated carbocycles. The lowest BCUT2D eigenvalue weighted by Crippen LogP contribution is -2.39. The summed E-state index contributed by atoms with van der Waals surface area (Å²) in [6, 6.07) is 1.08. The van der Waals surface area contributed by atoms with E-state index in [1.807, 2.05) is 4.98 Å². The second kappa shape index (κ2) is 8.99. The van der Waals surface area contributed by atoms with E-state index in [1.165, 1.54) is 7.11 Å². The summed E-state index contributed by atoms with van der Waals surface area (Å²) >= 11 is 0. The molecular formula is C12H20N3O10P. The zero-order valence-corrected chi connectivity index (χ0v) is 14.6. The smallest absolute Gasteiger partial charge is 0.387 e. The van der Waals surface area contributed by atoms with Crippen LogP contribution in [0.3, 0.4) is 0 Å². The number of nitrogens with two attached hydrogens (primary N) is 1. The highest BCUT2D eigenvalue weighted by Crippen LogP contribution is 2.36. The second-order valence-electron chi connectivity index (χ2n) is 5.31. The Bertz CT molecular complexity index is 745. The molecule has 1 unspecified atom stereocenters. The van der Waals surface area contributed by atoms with Crippen LogP contribution in [0.1, 0.15) is 6.23 Å². The number of nitrogens with zero attached hydrogens (tertiary/aromatic N) is 1. The predicted molar refractivity (Wildman–Crippen MR) is 83.9 cm³/mol. The Morgan fingerprint density at radius 2 is 2.15 bits per heavy atom. The number of rotatable bonds is 9. The van der Waals surface area contributed by atoms with Gasteiger partial charge in [0.2, 0.25) is 0 Å². The highest BCUT2D eigenvalue weighted by Gasteiger charge is 2.47. The number of aliphatic hydroxyl groups is 1. The number of H-pyrrole nitrogens is 1. The van der Waals surface area contributed by atoms with E-state index >= 15 is 0 Å². The van der Waals surface area contributed by atoms with Crippen molar-refractivity contribution in [3.63, 3.8) is 0 Å². The topological polar surface area (TPSA) is 185 Å². The SMILES string of the molecule is COCCOO[C@@H]1[C@H](O)[C@@H](COP(N)(=O)O)O[C@H]1n1ccc(=O)[nH]c1=O. The normalized spacial score (nSPS) is 28.2. The van der Waals surface area contributed by atoms with Crippen LogP contribution < -0.4 is 16.8 Å². The lowest BCUT2D eigenvalue weighted by atomic mass is 10.1. The van der Waals surface area contributed by atoms with Crippen LogP contribution in [0.25, 0.3) is 0 Å². The number of aliphatic hydroxyl groups excluding tert-OH is 1. The van der Waals surface area contributed by atoms with Crippen LogP contribution in [0, 0.1) is 0 Å². The predicted octanol–water partition coefficient (Wildman–Crippen LogP) is -2.17. The Morgan fingerprint density at radius 1 is 1.42 bits per heavy atom. The molecule has 1 aliphatic rings. The molecule has 2 heterocycles. The van der Waals surface area contributed by atoms with Gasteiger partial charge in [-0.25, -0.2) is 24.6 Å². The minimum atomic E-state index is -4.30. The molecular weight excluding hydrogens is 377 g/mol. The Balaban J connectivity index is 2.19. The first-order valence-corrected chi connectivity index (χ1v) is 9.05. The molecule has 1 saturated heterocycles. The number of nitrogens with one attached hydrogen (secondary N) is 1. The first kappa shape index (κ1) is 20.9. The van der Waals surface area contributed by atoms with Crippen molar-refractivity contribution in [3.05, 3.63) is 33.1 Å². The minimum absolute atomic E-state index is 0.0305. The summed E-state index contributed by atoms with van der Waals surface area (Å²) in [5, 5.41) is 10.3. The van der Waals surface area contributed by atoms with Gasteiger partial charge in [0.05, 0.1) is 13.2 Å². The van der Waals surface area contributed by atoms with Crippen molar-refractivity contribution in [1.29, 1.82) is 0 Å². The molecule has 5 atom stereocenters. The van der Waals surface area contributed by atoms with Gasteiger partial charge in [-0.05, 0) is 0 Å². The summed E-state index contributed by atoms with van der Waals surface area (Å²) in [5.41, 5.74) is 3.45. The van der Waals surface area contributed by atoms with Crippen molar-refractivity contribution in [3.8, 4) is 0 Å². The summed E-state index contributed by atoms with van der Waals surface area (Å²) in [6.07, 6.45) is -3.82. The fourth-order valence-electron chi connectivity index (χ4n) is 2.24. The van der Waals surface area contributed by atoms with Crippen LogP contribution in [0.5, 0.6) is 0 Å². The second-order valence-corrected chi connectivity index (χ2v) is 6.70.